The van der Waals surface area contributed by atoms with Crippen molar-refractivity contribution in [1.82, 2.24) is 0 Å². The van der Waals surface area contributed by atoms with Gasteiger partial charge in [0.25, 0.3) is 0 Å². The number of fused-ring (bicyclic) bond motifs is 1. The predicted molar refractivity (Wildman–Crippen MR) is 72.4 cm³/mol. The summed E-state index contributed by atoms with van der Waals surface area (Å²) in [6.45, 7) is 2.74. The number of aliphatic hydroxyl groups is 1. The number of ether oxygens (including phenoxy) is 1. The van der Waals surface area contributed by atoms with Crippen LogP contribution in [0.1, 0.15) is 41.9 Å². The van der Waals surface area contributed by atoms with E-state index in [1.165, 1.54) is 5.56 Å². The second-order valence-electron chi connectivity index (χ2n) is 4.84. The van der Waals surface area contributed by atoms with Gasteiger partial charge in [-0.1, -0.05) is 25.1 Å². The molecule has 0 saturated carbocycles. The zero-order valence-electron chi connectivity index (χ0n) is 11.1. The summed E-state index contributed by atoms with van der Waals surface area (Å²) in [5, 5.41) is 10.6. The number of hydrogen-bond acceptors (Lipinski definition) is 3. The fourth-order valence-electron chi connectivity index (χ4n) is 2.68. The highest BCUT2D eigenvalue weighted by Gasteiger charge is 2.23. The maximum Gasteiger partial charge on any atom is 0.128 e. The molecule has 19 heavy (non-hydrogen) atoms. The molecule has 100 valence electrons. The largest absolute Gasteiger partial charge is 0.493 e. The van der Waals surface area contributed by atoms with Crippen LogP contribution in [0.2, 0.25) is 0 Å². The molecular formula is C16H18O3. The van der Waals surface area contributed by atoms with E-state index < -0.39 is 6.10 Å². The Labute approximate surface area is 112 Å². The van der Waals surface area contributed by atoms with Crippen LogP contribution < -0.4 is 4.74 Å². The Bertz CT molecular complexity index is 571. The molecule has 1 aliphatic heterocycles. The van der Waals surface area contributed by atoms with Crippen molar-refractivity contribution < 1.29 is 14.3 Å². The monoisotopic (exact) mass is 258 g/mol. The molecule has 1 atom stereocenters. The van der Waals surface area contributed by atoms with Crippen LogP contribution in [-0.4, -0.2) is 11.7 Å². The first-order valence-corrected chi connectivity index (χ1v) is 6.80. The average molecular weight is 258 g/mol. The molecule has 2 aromatic rings. The molecule has 0 saturated heterocycles. The van der Waals surface area contributed by atoms with Crippen LogP contribution in [0.15, 0.2) is 34.9 Å². The molecule has 1 aromatic heterocycles. The van der Waals surface area contributed by atoms with Crippen LogP contribution in [0.3, 0.4) is 0 Å². The van der Waals surface area contributed by atoms with Crippen molar-refractivity contribution in [3.05, 3.63) is 53.0 Å². The first-order valence-electron chi connectivity index (χ1n) is 6.80. The molecule has 0 radical (unpaired) electrons. The minimum absolute atomic E-state index is 0.679. The van der Waals surface area contributed by atoms with Gasteiger partial charge in [0.15, 0.2) is 0 Å². The molecule has 3 nitrogen and oxygen atoms in total. The van der Waals surface area contributed by atoms with E-state index in [0.717, 1.165) is 48.5 Å². The molecule has 2 heterocycles. The lowest BCUT2D eigenvalue weighted by atomic mass is 9.95. The van der Waals surface area contributed by atoms with E-state index in [9.17, 15) is 5.11 Å². The standard InChI is InChI=1S/C16H18O3/c1-2-14-12(8-10-18-14)15(17)13-7-3-5-11-6-4-9-19-16(11)13/h3,5,7-8,10,15,17H,2,4,6,9H2,1H3. The van der Waals surface area contributed by atoms with E-state index in [2.05, 4.69) is 6.07 Å². The van der Waals surface area contributed by atoms with Gasteiger partial charge in [0.1, 0.15) is 17.6 Å². The van der Waals surface area contributed by atoms with Gasteiger partial charge in [-0.3, -0.25) is 0 Å². The summed E-state index contributed by atoms with van der Waals surface area (Å²) in [5.74, 6) is 1.69. The number of rotatable bonds is 3. The Morgan fingerprint density at radius 1 is 1.26 bits per heavy atom. The first-order chi connectivity index (χ1) is 9.31. The van der Waals surface area contributed by atoms with Crippen LogP contribution in [0.4, 0.5) is 0 Å². The van der Waals surface area contributed by atoms with Crippen molar-refractivity contribution in [2.75, 3.05) is 6.61 Å². The highest BCUT2D eigenvalue weighted by atomic mass is 16.5. The lowest BCUT2D eigenvalue weighted by Crippen LogP contribution is -2.12. The Balaban J connectivity index is 2.02. The van der Waals surface area contributed by atoms with Crippen LogP contribution in [0, 0.1) is 0 Å². The van der Waals surface area contributed by atoms with E-state index in [0.29, 0.717) is 0 Å². The van der Waals surface area contributed by atoms with Gasteiger partial charge in [-0.2, -0.15) is 0 Å². The number of furan rings is 1. The number of para-hydroxylation sites is 1. The number of aliphatic hydroxyl groups excluding tert-OH is 1. The molecule has 3 rings (SSSR count). The molecule has 1 aromatic carbocycles. The highest BCUT2D eigenvalue weighted by molar-refractivity contribution is 5.47. The van der Waals surface area contributed by atoms with Gasteiger partial charge in [0.05, 0.1) is 12.9 Å². The third kappa shape index (κ3) is 2.15. The SMILES string of the molecule is CCc1occc1C(O)c1cccc2c1OCCC2. The summed E-state index contributed by atoms with van der Waals surface area (Å²) in [4.78, 5) is 0. The molecule has 0 aliphatic carbocycles. The van der Waals surface area contributed by atoms with E-state index in [1.54, 1.807) is 6.26 Å². The average Bonchev–Trinajstić information content (AvgIpc) is 2.94. The summed E-state index contributed by atoms with van der Waals surface area (Å²) in [5.41, 5.74) is 2.86. The number of benzene rings is 1. The van der Waals surface area contributed by atoms with E-state index >= 15 is 0 Å². The minimum atomic E-state index is -0.679. The van der Waals surface area contributed by atoms with E-state index in [4.69, 9.17) is 9.15 Å². The maximum absolute atomic E-state index is 10.6. The van der Waals surface area contributed by atoms with Crippen LogP contribution in [0.25, 0.3) is 0 Å². The second kappa shape index (κ2) is 5.10. The Hall–Kier alpha value is -1.74. The third-order valence-electron chi connectivity index (χ3n) is 3.65. The lowest BCUT2D eigenvalue weighted by Gasteiger charge is -2.22. The summed E-state index contributed by atoms with van der Waals surface area (Å²) in [7, 11) is 0. The molecule has 1 aliphatic rings. The Morgan fingerprint density at radius 2 is 2.16 bits per heavy atom. The quantitative estimate of drug-likeness (QED) is 0.919. The van der Waals surface area contributed by atoms with Crippen LogP contribution >= 0.6 is 0 Å². The molecule has 0 bridgehead atoms. The van der Waals surface area contributed by atoms with Crippen LogP contribution in [-0.2, 0) is 12.8 Å². The van der Waals surface area contributed by atoms with Gasteiger partial charge in [-0.25, -0.2) is 0 Å². The topological polar surface area (TPSA) is 42.6 Å². The first kappa shape index (κ1) is 12.3. The van der Waals surface area contributed by atoms with Gasteiger partial charge >= 0.3 is 0 Å². The number of hydrogen-bond donors (Lipinski definition) is 1. The van der Waals surface area contributed by atoms with Gasteiger partial charge < -0.3 is 14.3 Å². The fraction of sp³-hybridized carbons (Fsp3) is 0.375. The summed E-state index contributed by atoms with van der Waals surface area (Å²) in [6, 6.07) is 7.82. The smallest absolute Gasteiger partial charge is 0.128 e. The molecular weight excluding hydrogens is 240 g/mol. The predicted octanol–water partition coefficient (Wildman–Crippen LogP) is 3.25. The zero-order chi connectivity index (χ0) is 13.2. The van der Waals surface area contributed by atoms with Crippen molar-refractivity contribution in [3.63, 3.8) is 0 Å². The Kier molecular flexibility index (Phi) is 3.30. The maximum atomic E-state index is 10.6. The summed E-state index contributed by atoms with van der Waals surface area (Å²) < 4.78 is 11.2. The second-order valence-corrected chi connectivity index (χ2v) is 4.84. The van der Waals surface area contributed by atoms with Gasteiger partial charge in [0.2, 0.25) is 0 Å². The highest BCUT2D eigenvalue weighted by Crippen LogP contribution is 2.36. The summed E-state index contributed by atoms with van der Waals surface area (Å²) in [6.07, 6.45) is 3.78. The fourth-order valence-corrected chi connectivity index (χ4v) is 2.68. The molecule has 0 spiro atoms. The molecule has 1 unspecified atom stereocenters. The van der Waals surface area contributed by atoms with Crippen molar-refractivity contribution in [2.45, 2.75) is 32.3 Å². The zero-order valence-corrected chi connectivity index (χ0v) is 11.1. The van der Waals surface area contributed by atoms with Crippen molar-refractivity contribution in [1.29, 1.82) is 0 Å². The minimum Gasteiger partial charge on any atom is -0.493 e. The normalized spacial score (nSPS) is 15.7. The van der Waals surface area contributed by atoms with E-state index in [-0.39, 0.29) is 0 Å². The number of aryl methyl sites for hydroxylation is 2. The van der Waals surface area contributed by atoms with E-state index in [1.807, 2.05) is 25.1 Å². The molecule has 0 fully saturated rings. The summed E-state index contributed by atoms with van der Waals surface area (Å²) >= 11 is 0. The van der Waals surface area contributed by atoms with Crippen LogP contribution in [0.5, 0.6) is 5.75 Å². The molecule has 3 heteroatoms. The van der Waals surface area contributed by atoms with Gasteiger partial charge in [-0.05, 0) is 24.5 Å². The van der Waals surface area contributed by atoms with Crippen molar-refractivity contribution in [2.24, 2.45) is 0 Å². The third-order valence-corrected chi connectivity index (χ3v) is 3.65. The lowest BCUT2D eigenvalue weighted by molar-refractivity contribution is 0.204. The van der Waals surface area contributed by atoms with Gasteiger partial charge in [0, 0.05) is 17.5 Å². The Morgan fingerprint density at radius 3 is 3.00 bits per heavy atom. The van der Waals surface area contributed by atoms with Crippen molar-refractivity contribution >= 4 is 0 Å². The molecule has 1 N–H and O–H groups in total. The van der Waals surface area contributed by atoms with Crippen molar-refractivity contribution in [3.8, 4) is 5.75 Å². The molecule has 0 amide bonds. The van der Waals surface area contributed by atoms with Gasteiger partial charge in [-0.15, -0.1) is 0 Å².